The SMILES string of the molecule is CC(CN(C)C(=O)c1ccccc1SC(F)F)C(=O)O. The summed E-state index contributed by atoms with van der Waals surface area (Å²) < 4.78 is 24.9. The van der Waals surface area contributed by atoms with E-state index >= 15 is 0 Å². The number of thioether (sulfide) groups is 1. The van der Waals surface area contributed by atoms with Crippen molar-refractivity contribution in [1.82, 2.24) is 4.90 Å². The maximum absolute atomic E-state index is 12.4. The van der Waals surface area contributed by atoms with E-state index in [0.717, 1.165) is 0 Å². The van der Waals surface area contributed by atoms with E-state index < -0.39 is 23.6 Å². The van der Waals surface area contributed by atoms with Gasteiger partial charge in [0.15, 0.2) is 0 Å². The Labute approximate surface area is 119 Å². The molecule has 4 nitrogen and oxygen atoms in total. The zero-order valence-corrected chi connectivity index (χ0v) is 11.9. The van der Waals surface area contributed by atoms with E-state index in [1.54, 1.807) is 12.1 Å². The summed E-state index contributed by atoms with van der Waals surface area (Å²) in [5.74, 6) is -4.83. The molecule has 0 radical (unpaired) electrons. The summed E-state index contributed by atoms with van der Waals surface area (Å²) in [6.07, 6.45) is 0. The van der Waals surface area contributed by atoms with Crippen molar-refractivity contribution in [2.24, 2.45) is 5.92 Å². The third kappa shape index (κ3) is 4.48. The lowest BCUT2D eigenvalue weighted by Crippen LogP contribution is -2.34. The van der Waals surface area contributed by atoms with Crippen LogP contribution in [-0.4, -0.2) is 41.2 Å². The molecule has 0 aliphatic rings. The lowest BCUT2D eigenvalue weighted by molar-refractivity contribution is -0.141. The van der Waals surface area contributed by atoms with Crippen LogP contribution in [0, 0.1) is 5.92 Å². The molecule has 1 atom stereocenters. The average Bonchev–Trinajstić information content (AvgIpc) is 2.37. The minimum Gasteiger partial charge on any atom is -0.481 e. The summed E-state index contributed by atoms with van der Waals surface area (Å²) in [6.45, 7) is 1.49. The van der Waals surface area contributed by atoms with Crippen LogP contribution in [0.2, 0.25) is 0 Å². The van der Waals surface area contributed by atoms with E-state index in [1.807, 2.05) is 0 Å². The number of alkyl halides is 2. The van der Waals surface area contributed by atoms with Gasteiger partial charge in [-0.05, 0) is 12.1 Å². The van der Waals surface area contributed by atoms with Crippen molar-refractivity contribution in [2.75, 3.05) is 13.6 Å². The number of benzene rings is 1. The van der Waals surface area contributed by atoms with E-state index in [9.17, 15) is 18.4 Å². The summed E-state index contributed by atoms with van der Waals surface area (Å²) in [5, 5.41) is 8.82. The van der Waals surface area contributed by atoms with Crippen LogP contribution < -0.4 is 0 Å². The Morgan fingerprint density at radius 3 is 2.50 bits per heavy atom. The summed E-state index contributed by atoms with van der Waals surface area (Å²) >= 11 is 0.299. The lowest BCUT2D eigenvalue weighted by atomic mass is 10.1. The molecule has 0 heterocycles. The molecule has 0 spiro atoms. The Hall–Kier alpha value is -1.63. The van der Waals surface area contributed by atoms with Crippen molar-refractivity contribution in [3.63, 3.8) is 0 Å². The molecule has 1 aromatic carbocycles. The van der Waals surface area contributed by atoms with Crippen LogP contribution in [0.25, 0.3) is 0 Å². The quantitative estimate of drug-likeness (QED) is 0.821. The Morgan fingerprint density at radius 1 is 1.35 bits per heavy atom. The summed E-state index contributed by atoms with van der Waals surface area (Å²) in [4.78, 5) is 24.4. The number of hydrogen-bond donors (Lipinski definition) is 1. The van der Waals surface area contributed by atoms with Gasteiger partial charge in [0.2, 0.25) is 0 Å². The Morgan fingerprint density at radius 2 is 1.95 bits per heavy atom. The van der Waals surface area contributed by atoms with Gasteiger partial charge < -0.3 is 10.0 Å². The Kier molecular flexibility index (Phi) is 5.94. The highest BCUT2D eigenvalue weighted by atomic mass is 32.2. The van der Waals surface area contributed by atoms with Gasteiger partial charge >= 0.3 is 5.97 Å². The molecule has 0 aromatic heterocycles. The second-order valence-electron chi connectivity index (χ2n) is 4.30. The number of hydrogen-bond acceptors (Lipinski definition) is 3. The monoisotopic (exact) mass is 303 g/mol. The van der Waals surface area contributed by atoms with Crippen LogP contribution in [0.5, 0.6) is 0 Å². The molecule has 20 heavy (non-hydrogen) atoms. The van der Waals surface area contributed by atoms with E-state index in [2.05, 4.69) is 0 Å². The minimum atomic E-state index is -2.62. The van der Waals surface area contributed by atoms with Gasteiger partial charge in [0.05, 0.1) is 11.5 Å². The van der Waals surface area contributed by atoms with Crippen molar-refractivity contribution in [3.8, 4) is 0 Å². The number of carboxylic acid groups (broad SMARTS) is 1. The molecule has 1 unspecified atom stereocenters. The van der Waals surface area contributed by atoms with Crippen molar-refractivity contribution < 1.29 is 23.5 Å². The molecule has 1 rings (SSSR count). The molecule has 0 bridgehead atoms. The Balaban J connectivity index is 2.88. The summed E-state index contributed by atoms with van der Waals surface area (Å²) in [5.41, 5.74) is 0.151. The lowest BCUT2D eigenvalue weighted by Gasteiger charge is -2.20. The molecule has 1 amide bonds. The van der Waals surface area contributed by atoms with Gasteiger partial charge in [-0.2, -0.15) is 8.78 Å². The molecule has 7 heteroatoms. The topological polar surface area (TPSA) is 57.6 Å². The van der Waals surface area contributed by atoms with Gasteiger partial charge in [-0.25, -0.2) is 0 Å². The van der Waals surface area contributed by atoms with Gasteiger partial charge in [0.1, 0.15) is 0 Å². The van der Waals surface area contributed by atoms with Crippen molar-refractivity contribution in [1.29, 1.82) is 0 Å². The second kappa shape index (κ2) is 7.23. The van der Waals surface area contributed by atoms with Crippen LogP contribution in [0.4, 0.5) is 8.78 Å². The Bertz CT molecular complexity index is 496. The van der Waals surface area contributed by atoms with Gasteiger partial charge in [-0.3, -0.25) is 9.59 Å². The fraction of sp³-hybridized carbons (Fsp3) is 0.385. The molecular weight excluding hydrogens is 288 g/mol. The van der Waals surface area contributed by atoms with Crippen LogP contribution in [-0.2, 0) is 4.79 Å². The highest BCUT2D eigenvalue weighted by molar-refractivity contribution is 7.99. The van der Waals surface area contributed by atoms with E-state index in [1.165, 1.54) is 31.0 Å². The molecule has 0 saturated carbocycles. The number of carboxylic acids is 1. The van der Waals surface area contributed by atoms with Crippen molar-refractivity contribution >= 4 is 23.6 Å². The van der Waals surface area contributed by atoms with Crippen molar-refractivity contribution in [3.05, 3.63) is 29.8 Å². The number of amides is 1. The van der Waals surface area contributed by atoms with Crippen LogP contribution in [0.15, 0.2) is 29.2 Å². The third-order valence-electron chi connectivity index (χ3n) is 2.65. The fourth-order valence-corrected chi connectivity index (χ4v) is 2.25. The summed E-state index contributed by atoms with van der Waals surface area (Å²) in [7, 11) is 1.45. The first-order valence-corrected chi connectivity index (χ1v) is 6.73. The van der Waals surface area contributed by atoms with Crippen molar-refractivity contribution in [2.45, 2.75) is 17.6 Å². The summed E-state index contributed by atoms with van der Waals surface area (Å²) in [6, 6.07) is 6.05. The van der Waals surface area contributed by atoms with Gasteiger partial charge in [-0.15, -0.1) is 0 Å². The first-order chi connectivity index (χ1) is 9.32. The highest BCUT2D eigenvalue weighted by Crippen LogP contribution is 2.29. The largest absolute Gasteiger partial charge is 0.481 e. The zero-order chi connectivity index (χ0) is 15.3. The standard InChI is InChI=1S/C13H15F2NO3S/c1-8(12(18)19)7-16(2)11(17)9-5-3-4-6-10(9)20-13(14)15/h3-6,8,13H,7H2,1-2H3,(H,18,19). The smallest absolute Gasteiger partial charge is 0.308 e. The van der Waals surface area contributed by atoms with Gasteiger partial charge in [0.25, 0.3) is 11.7 Å². The van der Waals surface area contributed by atoms with E-state index in [0.29, 0.717) is 11.8 Å². The van der Waals surface area contributed by atoms with E-state index in [4.69, 9.17) is 5.11 Å². The molecule has 0 aliphatic heterocycles. The molecule has 0 fully saturated rings. The predicted molar refractivity (Wildman–Crippen MR) is 72.1 cm³/mol. The van der Waals surface area contributed by atoms with Gasteiger partial charge in [-0.1, -0.05) is 30.8 Å². The number of carbonyl (C=O) groups excluding carboxylic acids is 1. The average molecular weight is 303 g/mol. The molecule has 0 aliphatic carbocycles. The maximum atomic E-state index is 12.4. The molecule has 1 N–H and O–H groups in total. The highest BCUT2D eigenvalue weighted by Gasteiger charge is 2.21. The third-order valence-corrected chi connectivity index (χ3v) is 3.44. The molecule has 1 aromatic rings. The van der Waals surface area contributed by atoms with E-state index in [-0.39, 0.29) is 17.0 Å². The maximum Gasteiger partial charge on any atom is 0.308 e. The first kappa shape index (κ1) is 16.4. The molecular formula is C13H15F2NO3S. The number of rotatable bonds is 6. The van der Waals surface area contributed by atoms with Gasteiger partial charge in [0, 0.05) is 18.5 Å². The number of carbonyl (C=O) groups is 2. The van der Waals surface area contributed by atoms with Crippen LogP contribution >= 0.6 is 11.8 Å². The molecule has 110 valence electrons. The number of aliphatic carboxylic acids is 1. The number of halogens is 2. The molecule has 0 saturated heterocycles. The van der Waals surface area contributed by atoms with Crippen LogP contribution in [0.1, 0.15) is 17.3 Å². The first-order valence-electron chi connectivity index (χ1n) is 5.85. The normalized spacial score (nSPS) is 12.2. The second-order valence-corrected chi connectivity index (χ2v) is 5.33. The minimum absolute atomic E-state index is 0.0157. The number of nitrogens with zero attached hydrogens (tertiary/aromatic N) is 1. The van der Waals surface area contributed by atoms with Crippen LogP contribution in [0.3, 0.4) is 0 Å². The fourth-order valence-electron chi connectivity index (χ4n) is 1.62. The predicted octanol–water partition coefficient (Wildman–Crippen LogP) is 2.79. The zero-order valence-electron chi connectivity index (χ0n) is 11.0.